The Morgan fingerprint density at radius 1 is 0.562 bits per heavy atom. The van der Waals surface area contributed by atoms with Crippen molar-refractivity contribution in [2.45, 2.75) is 86.0 Å². The minimum atomic E-state index is -1.21. The first-order chi connectivity index (χ1) is 15.0. The summed E-state index contributed by atoms with van der Waals surface area (Å²) in [5.41, 5.74) is 24.9. The molecule has 0 heterocycles. The Morgan fingerprint density at radius 3 is 1.19 bits per heavy atom. The molecule has 1 aromatic rings. The number of nitrogens with two attached hydrogens (primary N) is 4. The van der Waals surface area contributed by atoms with Gasteiger partial charge in [-0.1, -0.05) is 24.3 Å². The molecule has 1 aromatic carbocycles. The van der Waals surface area contributed by atoms with Crippen LogP contribution in [0.2, 0.25) is 0 Å². The van der Waals surface area contributed by atoms with Gasteiger partial charge in [0.2, 0.25) is 0 Å². The van der Waals surface area contributed by atoms with Gasteiger partial charge in [-0.2, -0.15) is 0 Å². The highest BCUT2D eigenvalue weighted by Crippen LogP contribution is 2.21. The quantitative estimate of drug-likeness (QED) is 0.191. The van der Waals surface area contributed by atoms with Gasteiger partial charge < -0.3 is 64.2 Å². The van der Waals surface area contributed by atoms with E-state index in [1.54, 1.807) is 0 Å². The van der Waals surface area contributed by atoms with Crippen molar-refractivity contribution >= 4 is 0 Å². The average Bonchev–Trinajstić information content (AvgIpc) is 2.79. The lowest BCUT2D eigenvalue weighted by Gasteiger charge is -2.43. The van der Waals surface area contributed by atoms with Crippen molar-refractivity contribution in [3.8, 4) is 0 Å². The van der Waals surface area contributed by atoms with E-state index < -0.39 is 72.9 Å². The highest BCUT2D eigenvalue weighted by Gasteiger charge is 2.47. The Kier molecular flexibility index (Phi) is 8.20. The van der Waals surface area contributed by atoms with Gasteiger partial charge >= 0.3 is 0 Å². The summed E-state index contributed by atoms with van der Waals surface area (Å²) in [7, 11) is 0. The average molecular weight is 457 g/mol. The van der Waals surface area contributed by atoms with E-state index in [-0.39, 0.29) is 0 Å². The van der Waals surface area contributed by atoms with Crippen molar-refractivity contribution in [1.82, 2.24) is 10.6 Å². The second kappa shape index (κ2) is 10.3. The van der Waals surface area contributed by atoms with Crippen LogP contribution in [-0.2, 0) is 13.1 Å². The van der Waals surface area contributed by atoms with Crippen molar-refractivity contribution in [3.05, 3.63) is 35.4 Å². The van der Waals surface area contributed by atoms with Crippen LogP contribution in [0, 0.1) is 0 Å². The molecule has 0 saturated heterocycles. The fourth-order valence-electron chi connectivity index (χ4n) is 4.49. The van der Waals surface area contributed by atoms with Crippen LogP contribution in [0.5, 0.6) is 0 Å². The third-order valence-electron chi connectivity index (χ3n) is 6.70. The molecule has 0 radical (unpaired) electrons. The number of aliphatic hydroxyl groups is 6. The first-order valence-corrected chi connectivity index (χ1v) is 10.7. The molecular weight excluding hydrogens is 420 g/mol. The lowest BCUT2D eigenvalue weighted by atomic mass is 9.80. The number of nitrogens with one attached hydrogen (secondary N) is 2. The van der Waals surface area contributed by atoms with Crippen LogP contribution in [0.3, 0.4) is 0 Å². The number of rotatable bonds is 6. The number of hydrogen-bond donors (Lipinski definition) is 12. The Morgan fingerprint density at radius 2 is 0.875 bits per heavy atom. The largest absolute Gasteiger partial charge is 0.390 e. The molecule has 4 unspecified atom stereocenters. The zero-order chi connectivity index (χ0) is 23.7. The smallest absolute Gasteiger partial charge is 0.0895 e. The summed E-state index contributed by atoms with van der Waals surface area (Å²) >= 11 is 0. The van der Waals surface area contributed by atoms with Crippen LogP contribution in [0.4, 0.5) is 0 Å². The molecule has 0 aliphatic heterocycles. The summed E-state index contributed by atoms with van der Waals surface area (Å²) in [6.07, 6.45) is -7.13. The third kappa shape index (κ3) is 4.97. The summed E-state index contributed by atoms with van der Waals surface area (Å²) in [6.45, 7) is 0.581. The normalized spacial score (nSPS) is 45.1. The van der Waals surface area contributed by atoms with Crippen molar-refractivity contribution < 1.29 is 30.6 Å². The minimum Gasteiger partial charge on any atom is -0.390 e. The van der Waals surface area contributed by atoms with Gasteiger partial charge in [-0.3, -0.25) is 0 Å². The minimum absolute atomic E-state index is 0.290. The summed E-state index contributed by atoms with van der Waals surface area (Å²) in [5.74, 6) is 0. The monoisotopic (exact) mass is 456 g/mol. The molecule has 12 heteroatoms. The maximum atomic E-state index is 10.3. The van der Waals surface area contributed by atoms with Crippen molar-refractivity contribution in [1.29, 1.82) is 0 Å². The fraction of sp³-hybridized carbons (Fsp3) is 0.700. The molecule has 3 rings (SSSR count). The van der Waals surface area contributed by atoms with Gasteiger partial charge in [-0.15, -0.1) is 0 Å². The first kappa shape index (κ1) is 25.4. The maximum absolute atomic E-state index is 10.3. The summed E-state index contributed by atoms with van der Waals surface area (Å²) in [4.78, 5) is 0. The molecule has 16 N–H and O–H groups in total. The van der Waals surface area contributed by atoms with E-state index in [1.807, 2.05) is 24.3 Å². The standard InChI is InChI=1S/C20H36N6O6/c21-9-15(27)10(22)18(30)13(17(9)29)25-5-7-2-1-3-8(4-7)6-26-14-19(31)11(23)16(28)12(24)20(14)32/h1-4,9-20,25-32H,5-6,21-24H2/t9-,10+,11-,12+,13?,14?,15?,16?,17-,18+,19-,20+. The van der Waals surface area contributed by atoms with E-state index in [1.165, 1.54) is 0 Å². The van der Waals surface area contributed by atoms with Gasteiger partial charge in [-0.05, 0) is 11.1 Å². The Hall–Kier alpha value is -1.26. The summed E-state index contributed by atoms with van der Waals surface area (Å²) in [6, 6.07) is 1.83. The second-order valence-corrected chi connectivity index (χ2v) is 8.89. The lowest BCUT2D eigenvalue weighted by Crippen LogP contribution is -2.72. The number of aliphatic hydroxyl groups excluding tert-OH is 6. The van der Waals surface area contributed by atoms with E-state index in [0.717, 1.165) is 11.1 Å². The Bertz CT molecular complexity index is 672. The van der Waals surface area contributed by atoms with E-state index in [0.29, 0.717) is 13.1 Å². The predicted molar refractivity (Wildman–Crippen MR) is 116 cm³/mol. The summed E-state index contributed by atoms with van der Waals surface area (Å²) < 4.78 is 0. The molecule has 0 aromatic heterocycles. The van der Waals surface area contributed by atoms with Crippen molar-refractivity contribution in [2.24, 2.45) is 22.9 Å². The molecule has 182 valence electrons. The van der Waals surface area contributed by atoms with Gasteiger partial charge in [0, 0.05) is 13.1 Å². The molecule has 2 saturated carbocycles. The van der Waals surface area contributed by atoms with Crippen LogP contribution in [0.1, 0.15) is 11.1 Å². The molecule has 0 spiro atoms. The van der Waals surface area contributed by atoms with Crippen molar-refractivity contribution in [2.75, 3.05) is 0 Å². The topological polar surface area (TPSA) is 250 Å². The molecule has 12 nitrogen and oxygen atoms in total. The Balaban J connectivity index is 1.60. The fourth-order valence-corrected chi connectivity index (χ4v) is 4.49. The van der Waals surface area contributed by atoms with Crippen LogP contribution < -0.4 is 33.6 Å². The Labute approximate surface area is 186 Å². The van der Waals surface area contributed by atoms with E-state index in [2.05, 4.69) is 10.6 Å². The predicted octanol–water partition coefficient (Wildman–Crippen LogP) is -5.90. The molecule has 12 atom stereocenters. The molecule has 32 heavy (non-hydrogen) atoms. The van der Waals surface area contributed by atoms with Gasteiger partial charge in [-0.25, -0.2) is 0 Å². The van der Waals surface area contributed by atoms with E-state index in [4.69, 9.17) is 22.9 Å². The van der Waals surface area contributed by atoms with Crippen LogP contribution in [0.25, 0.3) is 0 Å². The van der Waals surface area contributed by atoms with Crippen LogP contribution in [-0.4, -0.2) is 104 Å². The van der Waals surface area contributed by atoms with Crippen LogP contribution in [0.15, 0.2) is 24.3 Å². The SMILES string of the molecule is N[C@@H]1C(O)[C@H](N)[C@H](O)C(NCc2cccc(CNC3[C@@H](O)[C@@H](N)C(O)[C@@H](N)[C@H]3O)c2)[C@@H]1O. The van der Waals surface area contributed by atoms with Crippen LogP contribution >= 0.6 is 0 Å². The van der Waals surface area contributed by atoms with Gasteiger partial charge in [0.05, 0.1) is 72.9 Å². The van der Waals surface area contributed by atoms with Gasteiger partial charge in [0.25, 0.3) is 0 Å². The van der Waals surface area contributed by atoms with Gasteiger partial charge in [0.1, 0.15) is 0 Å². The summed E-state index contributed by atoms with van der Waals surface area (Å²) in [5, 5.41) is 67.2. The van der Waals surface area contributed by atoms with E-state index in [9.17, 15) is 30.6 Å². The molecule has 0 amide bonds. The first-order valence-electron chi connectivity index (χ1n) is 10.7. The zero-order valence-corrected chi connectivity index (χ0v) is 17.6. The highest BCUT2D eigenvalue weighted by atomic mass is 16.3. The molecular formula is C20H36N6O6. The second-order valence-electron chi connectivity index (χ2n) is 8.89. The highest BCUT2D eigenvalue weighted by molar-refractivity contribution is 5.24. The number of hydrogen-bond acceptors (Lipinski definition) is 12. The van der Waals surface area contributed by atoms with Crippen molar-refractivity contribution in [3.63, 3.8) is 0 Å². The van der Waals surface area contributed by atoms with E-state index >= 15 is 0 Å². The molecule has 2 fully saturated rings. The third-order valence-corrected chi connectivity index (χ3v) is 6.70. The molecule has 2 aliphatic carbocycles. The number of benzene rings is 1. The lowest BCUT2D eigenvalue weighted by molar-refractivity contribution is -0.0804. The van der Waals surface area contributed by atoms with Gasteiger partial charge in [0.15, 0.2) is 0 Å². The zero-order valence-electron chi connectivity index (χ0n) is 17.6. The maximum Gasteiger partial charge on any atom is 0.0895 e. The molecule has 2 aliphatic rings. The molecule has 0 bridgehead atoms.